The predicted molar refractivity (Wildman–Crippen MR) is 109 cm³/mol. The van der Waals surface area contributed by atoms with Crippen molar-refractivity contribution in [1.82, 2.24) is 10.6 Å². The third-order valence-electron chi connectivity index (χ3n) is 5.90. The molecule has 1 saturated carbocycles. The zero-order valence-corrected chi connectivity index (χ0v) is 16.5. The van der Waals surface area contributed by atoms with Gasteiger partial charge in [-0.25, -0.2) is 0 Å². The molecule has 148 valence electrons. The first-order valence-electron chi connectivity index (χ1n) is 10.1. The van der Waals surface area contributed by atoms with Crippen LogP contribution in [-0.4, -0.2) is 38.2 Å². The van der Waals surface area contributed by atoms with Gasteiger partial charge in [-0.2, -0.15) is 0 Å². The molecule has 1 aromatic carbocycles. The molecule has 0 bridgehead atoms. The van der Waals surface area contributed by atoms with Crippen LogP contribution >= 0.6 is 0 Å². The van der Waals surface area contributed by atoms with Crippen molar-refractivity contribution in [3.8, 4) is 0 Å². The Hall–Kier alpha value is -2.08. The standard InChI is InChI=1S/C21H32N4O2/c1-3-21(10-6-11-21)15-24-20(22-2)23-14-16-7-4-8-17(13-16)25-19(26)18-9-5-12-27-18/h4,7-8,13,18H,3,5-6,9-12,14-15H2,1-2H3,(H,25,26)(H2,22,23,24). The van der Waals surface area contributed by atoms with E-state index in [1.54, 1.807) is 7.05 Å². The normalized spacial score (nSPS) is 21.4. The summed E-state index contributed by atoms with van der Waals surface area (Å²) in [5.41, 5.74) is 2.35. The Labute approximate surface area is 162 Å². The summed E-state index contributed by atoms with van der Waals surface area (Å²) < 4.78 is 5.44. The Bertz CT molecular complexity index is 658. The molecule has 1 aromatic rings. The molecule has 1 aliphatic carbocycles. The first-order chi connectivity index (χ1) is 13.1. The molecule has 2 aliphatic rings. The van der Waals surface area contributed by atoms with E-state index in [9.17, 15) is 4.79 Å². The van der Waals surface area contributed by atoms with Crippen LogP contribution in [0.3, 0.4) is 0 Å². The van der Waals surface area contributed by atoms with Crippen molar-refractivity contribution in [3.05, 3.63) is 29.8 Å². The highest BCUT2D eigenvalue weighted by atomic mass is 16.5. The molecule has 2 fully saturated rings. The summed E-state index contributed by atoms with van der Waals surface area (Å²) in [6, 6.07) is 7.90. The summed E-state index contributed by atoms with van der Waals surface area (Å²) in [4.78, 5) is 16.5. The van der Waals surface area contributed by atoms with E-state index >= 15 is 0 Å². The number of amides is 1. The lowest BCUT2D eigenvalue weighted by Crippen LogP contribution is -2.46. The minimum absolute atomic E-state index is 0.0551. The molecular weight excluding hydrogens is 340 g/mol. The third kappa shape index (κ3) is 5.22. The van der Waals surface area contributed by atoms with Gasteiger partial charge in [-0.1, -0.05) is 25.5 Å². The van der Waals surface area contributed by atoms with E-state index in [4.69, 9.17) is 4.74 Å². The van der Waals surface area contributed by atoms with Crippen molar-refractivity contribution in [2.75, 3.05) is 25.5 Å². The van der Waals surface area contributed by atoms with E-state index in [0.29, 0.717) is 18.6 Å². The largest absolute Gasteiger partial charge is 0.368 e. The molecule has 1 atom stereocenters. The van der Waals surface area contributed by atoms with Crippen LogP contribution in [0.15, 0.2) is 29.3 Å². The van der Waals surface area contributed by atoms with E-state index in [2.05, 4.69) is 27.9 Å². The molecule has 1 amide bonds. The quantitative estimate of drug-likeness (QED) is 0.508. The summed E-state index contributed by atoms with van der Waals surface area (Å²) in [7, 11) is 1.80. The molecule has 6 heteroatoms. The van der Waals surface area contributed by atoms with E-state index in [0.717, 1.165) is 36.6 Å². The van der Waals surface area contributed by atoms with Crippen LogP contribution in [0.1, 0.15) is 51.0 Å². The van der Waals surface area contributed by atoms with E-state index in [-0.39, 0.29) is 12.0 Å². The average Bonchev–Trinajstić information content (AvgIpc) is 3.19. The monoisotopic (exact) mass is 372 g/mol. The number of guanidine groups is 1. The van der Waals surface area contributed by atoms with Crippen LogP contribution in [0, 0.1) is 5.41 Å². The summed E-state index contributed by atoms with van der Waals surface area (Å²) in [6.07, 6.45) is 6.60. The van der Waals surface area contributed by atoms with Gasteiger partial charge in [0.15, 0.2) is 5.96 Å². The molecular formula is C21H32N4O2. The molecule has 1 saturated heterocycles. The van der Waals surface area contributed by atoms with Gasteiger partial charge in [-0.15, -0.1) is 0 Å². The molecule has 27 heavy (non-hydrogen) atoms. The summed E-state index contributed by atoms with van der Waals surface area (Å²) in [5.74, 6) is 0.768. The number of carbonyl (C=O) groups excluding carboxylic acids is 1. The summed E-state index contributed by atoms with van der Waals surface area (Å²) >= 11 is 0. The van der Waals surface area contributed by atoms with Gasteiger partial charge >= 0.3 is 0 Å². The van der Waals surface area contributed by atoms with Crippen molar-refractivity contribution in [1.29, 1.82) is 0 Å². The molecule has 3 rings (SSSR count). The molecule has 6 nitrogen and oxygen atoms in total. The first kappa shape index (κ1) is 19.7. The van der Waals surface area contributed by atoms with Crippen molar-refractivity contribution in [2.45, 2.75) is 58.1 Å². The molecule has 3 N–H and O–H groups in total. The van der Waals surface area contributed by atoms with E-state index in [1.165, 1.54) is 25.7 Å². The number of rotatable bonds is 7. The fraction of sp³-hybridized carbons (Fsp3) is 0.619. The number of nitrogens with zero attached hydrogens (tertiary/aromatic N) is 1. The topological polar surface area (TPSA) is 74.8 Å². The van der Waals surface area contributed by atoms with Crippen molar-refractivity contribution >= 4 is 17.6 Å². The van der Waals surface area contributed by atoms with Crippen LogP contribution in [0.25, 0.3) is 0 Å². The number of anilines is 1. The van der Waals surface area contributed by atoms with Crippen molar-refractivity contribution in [2.24, 2.45) is 10.4 Å². The highest BCUT2D eigenvalue weighted by Gasteiger charge is 2.34. The van der Waals surface area contributed by atoms with Crippen LogP contribution in [-0.2, 0) is 16.1 Å². The SMILES string of the molecule is CCC1(CNC(=NC)NCc2cccc(NC(=O)C3CCCO3)c2)CCC1. The second-order valence-electron chi connectivity index (χ2n) is 7.68. The van der Waals surface area contributed by atoms with Gasteiger partial charge < -0.3 is 20.7 Å². The van der Waals surface area contributed by atoms with Crippen molar-refractivity contribution < 1.29 is 9.53 Å². The van der Waals surface area contributed by atoms with E-state index in [1.807, 2.05) is 24.3 Å². The number of nitrogens with one attached hydrogen (secondary N) is 3. The van der Waals surface area contributed by atoms with Gasteiger partial charge in [-0.05, 0) is 55.2 Å². The Morgan fingerprint density at radius 3 is 2.78 bits per heavy atom. The van der Waals surface area contributed by atoms with E-state index < -0.39 is 0 Å². The van der Waals surface area contributed by atoms with Crippen LogP contribution in [0.4, 0.5) is 5.69 Å². The first-order valence-corrected chi connectivity index (χ1v) is 10.1. The van der Waals surface area contributed by atoms with Crippen LogP contribution < -0.4 is 16.0 Å². The molecule has 0 spiro atoms. The highest BCUT2D eigenvalue weighted by molar-refractivity contribution is 5.94. The van der Waals surface area contributed by atoms with Gasteiger partial charge in [-0.3, -0.25) is 9.79 Å². The van der Waals surface area contributed by atoms with Gasteiger partial charge in [0, 0.05) is 32.4 Å². The molecule has 1 unspecified atom stereocenters. The van der Waals surface area contributed by atoms with Crippen molar-refractivity contribution in [3.63, 3.8) is 0 Å². The number of hydrogen-bond acceptors (Lipinski definition) is 3. The summed E-state index contributed by atoms with van der Waals surface area (Å²) in [5, 5.41) is 9.79. The number of aliphatic imine (C=N–C) groups is 1. The number of benzene rings is 1. The summed E-state index contributed by atoms with van der Waals surface area (Å²) in [6.45, 7) is 4.57. The van der Waals surface area contributed by atoms with Gasteiger partial charge in [0.1, 0.15) is 6.10 Å². The lowest BCUT2D eigenvalue weighted by Gasteiger charge is -2.41. The fourth-order valence-electron chi connectivity index (χ4n) is 3.78. The van der Waals surface area contributed by atoms with Crippen LogP contribution in [0.2, 0.25) is 0 Å². The molecule has 1 heterocycles. The second kappa shape index (κ2) is 9.22. The Kier molecular flexibility index (Phi) is 6.72. The van der Waals surface area contributed by atoms with Gasteiger partial charge in [0.2, 0.25) is 0 Å². The fourth-order valence-corrected chi connectivity index (χ4v) is 3.78. The Balaban J connectivity index is 1.48. The Morgan fingerprint density at radius 1 is 1.30 bits per heavy atom. The van der Waals surface area contributed by atoms with Gasteiger partial charge in [0.25, 0.3) is 5.91 Å². The minimum atomic E-state index is -0.313. The number of hydrogen-bond donors (Lipinski definition) is 3. The number of carbonyl (C=O) groups is 1. The molecule has 0 aromatic heterocycles. The smallest absolute Gasteiger partial charge is 0.253 e. The minimum Gasteiger partial charge on any atom is -0.368 e. The maximum atomic E-state index is 12.2. The predicted octanol–water partition coefficient (Wildman–Crippen LogP) is 3.05. The molecule has 0 radical (unpaired) electrons. The second-order valence-corrected chi connectivity index (χ2v) is 7.68. The maximum absolute atomic E-state index is 12.2. The Morgan fingerprint density at radius 2 is 2.15 bits per heavy atom. The average molecular weight is 373 g/mol. The van der Waals surface area contributed by atoms with Gasteiger partial charge in [0.05, 0.1) is 0 Å². The van der Waals surface area contributed by atoms with Crippen LogP contribution in [0.5, 0.6) is 0 Å². The highest BCUT2D eigenvalue weighted by Crippen LogP contribution is 2.42. The third-order valence-corrected chi connectivity index (χ3v) is 5.90. The molecule has 1 aliphatic heterocycles. The lowest BCUT2D eigenvalue weighted by molar-refractivity contribution is -0.124. The maximum Gasteiger partial charge on any atom is 0.253 e. The number of ether oxygens (including phenoxy) is 1. The lowest BCUT2D eigenvalue weighted by atomic mass is 9.67. The zero-order chi connectivity index (χ0) is 19.1. The zero-order valence-electron chi connectivity index (χ0n) is 16.5.